The van der Waals surface area contributed by atoms with Crippen LogP contribution in [0.15, 0.2) is 48.5 Å². The molecule has 7 nitrogen and oxygen atoms in total. The number of carbonyl (C=O) groups is 1. The van der Waals surface area contributed by atoms with Gasteiger partial charge in [-0.3, -0.25) is 4.79 Å². The predicted molar refractivity (Wildman–Crippen MR) is 105 cm³/mol. The third-order valence-corrected chi connectivity index (χ3v) is 4.45. The van der Waals surface area contributed by atoms with E-state index >= 15 is 0 Å². The molecule has 0 unspecified atom stereocenters. The van der Waals surface area contributed by atoms with E-state index in [4.69, 9.17) is 0 Å². The number of hydrogen-bond donors (Lipinski definition) is 2. The highest BCUT2D eigenvalue weighted by molar-refractivity contribution is 5.94. The van der Waals surface area contributed by atoms with Gasteiger partial charge >= 0.3 is 6.18 Å². The van der Waals surface area contributed by atoms with Crippen molar-refractivity contribution in [1.82, 2.24) is 24.9 Å². The summed E-state index contributed by atoms with van der Waals surface area (Å²) < 4.78 is 39.4. The highest BCUT2D eigenvalue weighted by Crippen LogP contribution is 2.29. The molecule has 0 atom stereocenters. The van der Waals surface area contributed by atoms with Gasteiger partial charge in [0.15, 0.2) is 5.65 Å². The second kappa shape index (κ2) is 7.62. The first-order valence-corrected chi connectivity index (χ1v) is 9.14. The molecule has 2 N–H and O–H groups in total. The lowest BCUT2D eigenvalue weighted by Gasteiger charge is -2.10. The fourth-order valence-corrected chi connectivity index (χ4v) is 3.04. The van der Waals surface area contributed by atoms with Crippen LogP contribution in [-0.4, -0.2) is 38.6 Å². The Morgan fingerprint density at radius 3 is 2.50 bits per heavy atom. The quantitative estimate of drug-likeness (QED) is 0.489. The van der Waals surface area contributed by atoms with Crippen LogP contribution >= 0.6 is 0 Å². The third kappa shape index (κ3) is 3.88. The standard InChI is InChI=1S/C20H17F3N6O/c1-12-26-17-15-4-2-3-5-16(15)27-19(29(17)28-12)25-11-10-24-18(30)13-6-8-14(9-7-13)20(21,22)23/h2-9H,10-11H2,1H3,(H,24,30)(H,25,27). The van der Waals surface area contributed by atoms with E-state index in [9.17, 15) is 18.0 Å². The van der Waals surface area contributed by atoms with E-state index in [1.165, 1.54) is 0 Å². The Kier molecular flexibility index (Phi) is 4.98. The predicted octanol–water partition coefficient (Wildman–Crippen LogP) is 3.45. The number of halogens is 3. The molecule has 0 radical (unpaired) electrons. The van der Waals surface area contributed by atoms with Crippen molar-refractivity contribution in [2.45, 2.75) is 13.1 Å². The summed E-state index contributed by atoms with van der Waals surface area (Å²) in [6, 6.07) is 11.6. The minimum absolute atomic E-state index is 0.154. The first-order chi connectivity index (χ1) is 14.3. The number of alkyl halides is 3. The summed E-state index contributed by atoms with van der Waals surface area (Å²) in [6.07, 6.45) is -4.43. The number of anilines is 1. The normalized spacial score (nSPS) is 11.7. The maximum absolute atomic E-state index is 12.6. The molecule has 1 amide bonds. The molecule has 2 heterocycles. The molecule has 10 heteroatoms. The number of fused-ring (bicyclic) bond motifs is 3. The van der Waals surface area contributed by atoms with Gasteiger partial charge in [-0.2, -0.15) is 17.7 Å². The first kappa shape index (κ1) is 19.6. The Bertz CT molecular complexity index is 1220. The number of benzene rings is 2. The van der Waals surface area contributed by atoms with E-state index in [1.54, 1.807) is 11.4 Å². The van der Waals surface area contributed by atoms with E-state index < -0.39 is 17.6 Å². The van der Waals surface area contributed by atoms with Gasteiger partial charge in [0.25, 0.3) is 5.91 Å². The fraction of sp³-hybridized carbons (Fsp3) is 0.200. The van der Waals surface area contributed by atoms with Gasteiger partial charge in [-0.15, -0.1) is 5.10 Å². The molecule has 2 aromatic carbocycles. The summed E-state index contributed by atoms with van der Waals surface area (Å²) in [7, 11) is 0. The molecule has 0 bridgehead atoms. The van der Waals surface area contributed by atoms with Crippen LogP contribution in [0.25, 0.3) is 16.6 Å². The Hall–Kier alpha value is -3.69. The highest BCUT2D eigenvalue weighted by Gasteiger charge is 2.30. The van der Waals surface area contributed by atoms with E-state index in [1.807, 2.05) is 24.3 Å². The summed E-state index contributed by atoms with van der Waals surface area (Å²) in [4.78, 5) is 21.1. The number of hydrogen-bond acceptors (Lipinski definition) is 5. The molecule has 4 aromatic rings. The zero-order chi connectivity index (χ0) is 21.3. The van der Waals surface area contributed by atoms with Crippen molar-refractivity contribution in [2.24, 2.45) is 0 Å². The van der Waals surface area contributed by atoms with Gasteiger partial charge in [-0.25, -0.2) is 9.97 Å². The number of rotatable bonds is 5. The molecule has 0 saturated heterocycles. The van der Waals surface area contributed by atoms with Crippen LogP contribution in [0.3, 0.4) is 0 Å². The highest BCUT2D eigenvalue weighted by atomic mass is 19.4. The van der Waals surface area contributed by atoms with Crippen molar-refractivity contribution in [3.8, 4) is 0 Å². The summed E-state index contributed by atoms with van der Waals surface area (Å²) in [5.74, 6) is 0.624. The van der Waals surface area contributed by atoms with Crippen LogP contribution in [0.2, 0.25) is 0 Å². The van der Waals surface area contributed by atoms with Gasteiger partial charge in [0, 0.05) is 24.0 Å². The van der Waals surface area contributed by atoms with Crippen LogP contribution < -0.4 is 10.6 Å². The van der Waals surface area contributed by atoms with E-state index in [0.717, 1.165) is 35.2 Å². The van der Waals surface area contributed by atoms with Gasteiger partial charge in [0.05, 0.1) is 11.1 Å². The Morgan fingerprint density at radius 1 is 1.03 bits per heavy atom. The molecule has 0 aliphatic heterocycles. The lowest BCUT2D eigenvalue weighted by molar-refractivity contribution is -0.137. The summed E-state index contributed by atoms with van der Waals surface area (Å²) in [5, 5.41) is 11.0. The first-order valence-electron chi connectivity index (χ1n) is 9.14. The van der Waals surface area contributed by atoms with Crippen LogP contribution in [-0.2, 0) is 6.18 Å². The van der Waals surface area contributed by atoms with Gasteiger partial charge in [-0.1, -0.05) is 12.1 Å². The number of aromatic nitrogens is 4. The molecule has 30 heavy (non-hydrogen) atoms. The average Bonchev–Trinajstić information content (AvgIpc) is 3.12. The smallest absolute Gasteiger partial charge is 0.352 e. The molecule has 0 saturated carbocycles. The van der Waals surface area contributed by atoms with E-state index in [0.29, 0.717) is 24.0 Å². The van der Waals surface area contributed by atoms with Gasteiger partial charge in [0.1, 0.15) is 5.82 Å². The van der Waals surface area contributed by atoms with Crippen molar-refractivity contribution in [3.05, 3.63) is 65.5 Å². The van der Waals surface area contributed by atoms with E-state index in [2.05, 4.69) is 25.7 Å². The van der Waals surface area contributed by atoms with Crippen molar-refractivity contribution in [2.75, 3.05) is 18.4 Å². The number of para-hydroxylation sites is 1. The van der Waals surface area contributed by atoms with Gasteiger partial charge < -0.3 is 10.6 Å². The van der Waals surface area contributed by atoms with Gasteiger partial charge in [0.2, 0.25) is 5.95 Å². The zero-order valence-corrected chi connectivity index (χ0v) is 15.9. The summed E-state index contributed by atoms with van der Waals surface area (Å²) in [6.45, 7) is 2.37. The van der Waals surface area contributed by atoms with Crippen LogP contribution in [0, 0.1) is 6.92 Å². The topological polar surface area (TPSA) is 84.2 Å². The number of amides is 1. The van der Waals surface area contributed by atoms with Crippen molar-refractivity contribution in [1.29, 1.82) is 0 Å². The van der Waals surface area contributed by atoms with Gasteiger partial charge in [-0.05, 0) is 43.3 Å². The number of nitrogens with zero attached hydrogens (tertiary/aromatic N) is 4. The van der Waals surface area contributed by atoms with Crippen molar-refractivity contribution < 1.29 is 18.0 Å². The number of aryl methyl sites for hydroxylation is 1. The molecule has 154 valence electrons. The lowest BCUT2D eigenvalue weighted by Crippen LogP contribution is -2.29. The van der Waals surface area contributed by atoms with Crippen LogP contribution in [0.5, 0.6) is 0 Å². The van der Waals surface area contributed by atoms with Crippen molar-refractivity contribution in [3.63, 3.8) is 0 Å². The largest absolute Gasteiger partial charge is 0.416 e. The second-order valence-corrected chi connectivity index (χ2v) is 6.60. The maximum atomic E-state index is 12.6. The molecule has 2 aromatic heterocycles. The van der Waals surface area contributed by atoms with Crippen molar-refractivity contribution >= 4 is 28.4 Å². The minimum atomic E-state index is -4.43. The third-order valence-electron chi connectivity index (χ3n) is 4.45. The molecule has 4 rings (SSSR count). The number of carbonyl (C=O) groups excluding carboxylic acids is 1. The molecule has 0 spiro atoms. The Labute approximate surface area is 168 Å². The molecular weight excluding hydrogens is 397 g/mol. The second-order valence-electron chi connectivity index (χ2n) is 6.60. The maximum Gasteiger partial charge on any atom is 0.416 e. The molecule has 0 fully saturated rings. The SMILES string of the molecule is Cc1nc2c3ccccc3nc(NCCNC(=O)c3ccc(C(F)(F)F)cc3)n2n1. The molecule has 0 aliphatic rings. The lowest BCUT2D eigenvalue weighted by atomic mass is 10.1. The van der Waals surface area contributed by atoms with Crippen LogP contribution in [0.1, 0.15) is 21.7 Å². The molecule has 0 aliphatic carbocycles. The number of nitrogens with one attached hydrogen (secondary N) is 2. The minimum Gasteiger partial charge on any atom is -0.352 e. The monoisotopic (exact) mass is 414 g/mol. The molecular formula is C20H17F3N6O. The summed E-state index contributed by atoms with van der Waals surface area (Å²) in [5.41, 5.74) is 0.791. The Morgan fingerprint density at radius 2 is 1.77 bits per heavy atom. The average molecular weight is 414 g/mol. The van der Waals surface area contributed by atoms with E-state index in [-0.39, 0.29) is 12.1 Å². The Balaban J connectivity index is 1.42. The zero-order valence-electron chi connectivity index (χ0n) is 15.9. The van der Waals surface area contributed by atoms with Crippen LogP contribution in [0.4, 0.5) is 19.1 Å². The summed E-state index contributed by atoms with van der Waals surface area (Å²) >= 11 is 0. The fourth-order valence-electron chi connectivity index (χ4n) is 3.04.